The summed E-state index contributed by atoms with van der Waals surface area (Å²) >= 11 is 6.02. The number of rotatable bonds is 3. The van der Waals surface area contributed by atoms with E-state index in [2.05, 4.69) is 10.1 Å². The largest absolute Gasteiger partial charge is 0.417 e. The summed E-state index contributed by atoms with van der Waals surface area (Å²) < 4.78 is 39.6. The molecule has 168 valence electrons. The number of anilines is 1. The number of hydrogen-bond donors (Lipinski definition) is 0. The van der Waals surface area contributed by atoms with E-state index in [0.717, 1.165) is 17.6 Å². The van der Waals surface area contributed by atoms with E-state index in [1.165, 1.54) is 4.68 Å². The van der Waals surface area contributed by atoms with Gasteiger partial charge in [-0.2, -0.15) is 18.3 Å². The predicted molar refractivity (Wildman–Crippen MR) is 114 cm³/mol. The van der Waals surface area contributed by atoms with E-state index in [4.69, 9.17) is 11.6 Å². The number of aryl methyl sites for hydroxylation is 1. The predicted octanol–water partition coefficient (Wildman–Crippen LogP) is 3.12. The fourth-order valence-electron chi connectivity index (χ4n) is 3.73. The van der Waals surface area contributed by atoms with Gasteiger partial charge in [0.2, 0.25) is 5.91 Å². The van der Waals surface area contributed by atoms with Crippen LogP contribution in [0.25, 0.3) is 10.8 Å². The van der Waals surface area contributed by atoms with Gasteiger partial charge in [-0.1, -0.05) is 29.8 Å². The molecule has 0 radical (unpaired) electrons. The molecule has 1 fully saturated rings. The molecule has 3 heterocycles. The SMILES string of the molecule is Cc1nn(CC(=O)N2CCN(c3ncc(C(F)(F)F)cc3Cl)CC2)c(=O)c2ccccc12. The average Bonchev–Trinajstić information content (AvgIpc) is 2.77. The molecule has 0 atom stereocenters. The lowest BCUT2D eigenvalue weighted by atomic mass is 10.1. The summed E-state index contributed by atoms with van der Waals surface area (Å²) in [5.74, 6) is -0.0183. The Labute approximate surface area is 186 Å². The Hall–Kier alpha value is -3.14. The van der Waals surface area contributed by atoms with Gasteiger partial charge in [0.1, 0.15) is 12.4 Å². The van der Waals surface area contributed by atoms with E-state index in [1.807, 2.05) is 12.1 Å². The van der Waals surface area contributed by atoms with Crippen molar-refractivity contribution in [1.82, 2.24) is 19.7 Å². The van der Waals surface area contributed by atoms with Gasteiger partial charge >= 0.3 is 6.18 Å². The first-order valence-electron chi connectivity index (χ1n) is 9.87. The molecule has 0 unspecified atom stereocenters. The molecular formula is C21H19ClF3N5O2. The minimum atomic E-state index is -4.52. The van der Waals surface area contributed by atoms with Gasteiger partial charge in [0.05, 0.1) is 21.7 Å². The third-order valence-corrected chi connectivity index (χ3v) is 5.70. The molecule has 1 aromatic carbocycles. The number of aromatic nitrogens is 3. The van der Waals surface area contributed by atoms with Crippen LogP contribution >= 0.6 is 11.6 Å². The van der Waals surface area contributed by atoms with E-state index in [-0.39, 0.29) is 28.9 Å². The Kier molecular flexibility index (Phi) is 5.81. The lowest BCUT2D eigenvalue weighted by molar-refractivity contribution is -0.138. The fraction of sp³-hybridized carbons (Fsp3) is 0.333. The van der Waals surface area contributed by atoms with Gasteiger partial charge in [-0.15, -0.1) is 0 Å². The second kappa shape index (κ2) is 8.42. The molecule has 3 aromatic rings. The monoisotopic (exact) mass is 465 g/mol. The van der Waals surface area contributed by atoms with Crippen LogP contribution in [-0.2, 0) is 17.5 Å². The van der Waals surface area contributed by atoms with Crippen LogP contribution in [0.2, 0.25) is 5.02 Å². The summed E-state index contributed by atoms with van der Waals surface area (Å²) in [7, 11) is 0. The van der Waals surface area contributed by atoms with Crippen molar-refractivity contribution >= 4 is 34.1 Å². The van der Waals surface area contributed by atoms with Crippen LogP contribution in [0.1, 0.15) is 11.3 Å². The molecule has 0 N–H and O–H groups in total. The second-order valence-corrected chi connectivity index (χ2v) is 7.90. The van der Waals surface area contributed by atoms with E-state index in [1.54, 1.807) is 28.9 Å². The molecule has 11 heteroatoms. The maximum Gasteiger partial charge on any atom is 0.417 e. The molecule has 1 aliphatic rings. The third-order valence-electron chi connectivity index (χ3n) is 5.42. The van der Waals surface area contributed by atoms with Crippen molar-refractivity contribution in [3.63, 3.8) is 0 Å². The van der Waals surface area contributed by atoms with Gasteiger partial charge < -0.3 is 9.80 Å². The standard InChI is InChI=1S/C21H19ClF3N5O2/c1-13-15-4-2-3-5-16(15)20(32)30(27-13)12-18(31)28-6-8-29(9-7-28)19-17(22)10-14(11-26-19)21(23,24)25/h2-5,10-11H,6-9,12H2,1H3. The van der Waals surface area contributed by atoms with Crippen molar-refractivity contribution in [2.45, 2.75) is 19.6 Å². The second-order valence-electron chi connectivity index (χ2n) is 7.49. The van der Waals surface area contributed by atoms with Crippen molar-refractivity contribution in [1.29, 1.82) is 0 Å². The topological polar surface area (TPSA) is 71.3 Å². The average molecular weight is 466 g/mol. The first-order chi connectivity index (χ1) is 15.1. The molecule has 0 saturated carbocycles. The smallest absolute Gasteiger partial charge is 0.352 e. The number of halogens is 4. The highest BCUT2D eigenvalue weighted by molar-refractivity contribution is 6.33. The van der Waals surface area contributed by atoms with Crippen LogP contribution in [0.5, 0.6) is 0 Å². The van der Waals surface area contributed by atoms with Gasteiger partial charge in [-0.3, -0.25) is 9.59 Å². The number of hydrogen-bond acceptors (Lipinski definition) is 5. The molecule has 0 spiro atoms. The zero-order valence-corrected chi connectivity index (χ0v) is 17.8. The molecule has 4 rings (SSSR count). The van der Waals surface area contributed by atoms with Crippen LogP contribution in [0.15, 0.2) is 41.3 Å². The Morgan fingerprint density at radius 2 is 1.78 bits per heavy atom. The Balaban J connectivity index is 1.44. The third kappa shape index (κ3) is 4.27. The van der Waals surface area contributed by atoms with E-state index >= 15 is 0 Å². The molecule has 1 saturated heterocycles. The van der Waals surface area contributed by atoms with Gasteiger partial charge in [0, 0.05) is 37.8 Å². The molecule has 0 bridgehead atoms. The molecule has 0 aliphatic carbocycles. The van der Waals surface area contributed by atoms with Crippen molar-refractivity contribution in [2.24, 2.45) is 0 Å². The van der Waals surface area contributed by atoms with Crippen molar-refractivity contribution in [2.75, 3.05) is 31.1 Å². The normalized spacial score (nSPS) is 14.8. The highest BCUT2D eigenvalue weighted by Gasteiger charge is 2.32. The highest BCUT2D eigenvalue weighted by atomic mass is 35.5. The Bertz CT molecular complexity index is 1240. The molecule has 7 nitrogen and oxygen atoms in total. The van der Waals surface area contributed by atoms with E-state index in [0.29, 0.717) is 37.3 Å². The number of benzene rings is 1. The number of fused-ring (bicyclic) bond motifs is 1. The number of carbonyl (C=O) groups excluding carboxylic acids is 1. The van der Waals surface area contributed by atoms with Crippen LogP contribution in [0, 0.1) is 6.92 Å². The number of nitrogens with zero attached hydrogens (tertiary/aromatic N) is 5. The van der Waals surface area contributed by atoms with Gasteiger partial charge in [0.25, 0.3) is 5.56 Å². The van der Waals surface area contributed by atoms with Crippen molar-refractivity contribution in [3.05, 3.63) is 63.2 Å². The molecule has 2 aromatic heterocycles. The lowest BCUT2D eigenvalue weighted by Crippen LogP contribution is -2.50. The first kappa shape index (κ1) is 22.1. The zero-order chi connectivity index (χ0) is 23.0. The van der Waals surface area contributed by atoms with Crippen LogP contribution < -0.4 is 10.5 Å². The first-order valence-corrected chi connectivity index (χ1v) is 10.2. The fourth-order valence-corrected chi connectivity index (χ4v) is 4.01. The summed E-state index contributed by atoms with van der Waals surface area (Å²) in [6.07, 6.45) is -3.77. The van der Waals surface area contributed by atoms with Crippen molar-refractivity contribution < 1.29 is 18.0 Å². The summed E-state index contributed by atoms with van der Waals surface area (Å²) in [5, 5.41) is 5.42. The van der Waals surface area contributed by atoms with Gasteiger partial charge in [-0.25, -0.2) is 9.67 Å². The van der Waals surface area contributed by atoms with E-state index < -0.39 is 11.7 Å². The molecule has 32 heavy (non-hydrogen) atoms. The zero-order valence-electron chi connectivity index (χ0n) is 17.1. The summed E-state index contributed by atoms with van der Waals surface area (Å²) in [4.78, 5) is 32.7. The van der Waals surface area contributed by atoms with Gasteiger partial charge in [-0.05, 0) is 19.1 Å². The number of carbonyl (C=O) groups is 1. The Morgan fingerprint density at radius 1 is 1.12 bits per heavy atom. The number of amides is 1. The number of alkyl halides is 3. The quantitative estimate of drug-likeness (QED) is 0.594. The number of pyridine rings is 1. The van der Waals surface area contributed by atoms with E-state index in [9.17, 15) is 22.8 Å². The molecule has 1 amide bonds. The molecular weight excluding hydrogens is 447 g/mol. The minimum Gasteiger partial charge on any atom is -0.352 e. The maximum atomic E-state index is 12.8. The lowest BCUT2D eigenvalue weighted by Gasteiger charge is -2.35. The van der Waals surface area contributed by atoms with Crippen molar-refractivity contribution in [3.8, 4) is 0 Å². The minimum absolute atomic E-state index is 0.0954. The van der Waals surface area contributed by atoms with Gasteiger partial charge in [0.15, 0.2) is 0 Å². The maximum absolute atomic E-state index is 12.8. The van der Waals surface area contributed by atoms with Crippen LogP contribution in [0.3, 0.4) is 0 Å². The molecule has 1 aliphatic heterocycles. The summed E-state index contributed by atoms with van der Waals surface area (Å²) in [5.41, 5.74) is -0.594. The summed E-state index contributed by atoms with van der Waals surface area (Å²) in [6.45, 7) is 2.93. The summed E-state index contributed by atoms with van der Waals surface area (Å²) in [6, 6.07) is 7.94. The van der Waals surface area contributed by atoms with Crippen LogP contribution in [0.4, 0.5) is 19.0 Å². The Morgan fingerprint density at radius 3 is 2.41 bits per heavy atom. The van der Waals surface area contributed by atoms with Crippen LogP contribution in [-0.4, -0.2) is 51.8 Å². The number of piperazine rings is 1. The highest BCUT2D eigenvalue weighted by Crippen LogP contribution is 2.33.